The number of nitro groups is 1. The molecule has 2 heterocycles. The molecular weight excluding hydrogens is 288 g/mol. The molecule has 0 spiro atoms. The van der Waals surface area contributed by atoms with Crippen LogP contribution < -0.4 is 5.32 Å². The minimum Gasteiger partial charge on any atom is -0.353 e. The highest BCUT2D eigenvalue weighted by Gasteiger charge is 2.12. The smallest absolute Gasteiger partial charge is 0.270 e. The van der Waals surface area contributed by atoms with Crippen LogP contribution in [0.15, 0.2) is 42.6 Å². The Balaban J connectivity index is 1.86. The van der Waals surface area contributed by atoms with Gasteiger partial charge in [0.25, 0.3) is 5.69 Å². The van der Waals surface area contributed by atoms with Crippen LogP contribution in [0.5, 0.6) is 0 Å². The van der Waals surface area contributed by atoms with E-state index in [0.717, 1.165) is 21.0 Å². The summed E-state index contributed by atoms with van der Waals surface area (Å²) in [6.07, 6.45) is 1.75. The lowest BCUT2D eigenvalue weighted by Crippen LogP contribution is -2.07. The number of nitro benzene ring substituents is 1. The van der Waals surface area contributed by atoms with Gasteiger partial charge < -0.3 is 5.32 Å². The van der Waals surface area contributed by atoms with Crippen molar-refractivity contribution in [2.24, 2.45) is 0 Å². The Hall–Kier alpha value is -2.54. The van der Waals surface area contributed by atoms with Crippen LogP contribution in [-0.2, 0) is 0 Å². The summed E-state index contributed by atoms with van der Waals surface area (Å²) < 4.78 is 0.792. The van der Waals surface area contributed by atoms with Crippen molar-refractivity contribution >= 4 is 32.4 Å². The molecule has 1 atom stereocenters. The average Bonchev–Trinajstić information content (AvgIpc) is 2.89. The summed E-state index contributed by atoms with van der Waals surface area (Å²) in [4.78, 5) is 19.1. The molecule has 1 aromatic carbocycles. The summed E-state index contributed by atoms with van der Waals surface area (Å²) in [7, 11) is 0. The van der Waals surface area contributed by atoms with Gasteiger partial charge in [0.2, 0.25) is 0 Å². The number of thiazole rings is 1. The summed E-state index contributed by atoms with van der Waals surface area (Å²) >= 11 is 1.40. The molecule has 106 valence electrons. The zero-order valence-electron chi connectivity index (χ0n) is 11.2. The average molecular weight is 300 g/mol. The maximum atomic E-state index is 10.8. The highest BCUT2D eigenvalue weighted by atomic mass is 32.1. The first-order valence-corrected chi connectivity index (χ1v) is 7.17. The van der Waals surface area contributed by atoms with E-state index in [1.807, 2.05) is 25.1 Å². The summed E-state index contributed by atoms with van der Waals surface area (Å²) in [6, 6.07) is 10.4. The second-order valence-electron chi connectivity index (χ2n) is 4.55. The van der Waals surface area contributed by atoms with Gasteiger partial charge in [0.1, 0.15) is 0 Å². The second kappa shape index (κ2) is 5.45. The van der Waals surface area contributed by atoms with E-state index in [1.165, 1.54) is 17.4 Å². The first-order chi connectivity index (χ1) is 10.1. The molecule has 6 nitrogen and oxygen atoms in total. The number of pyridine rings is 1. The number of nitrogens with one attached hydrogen (secondary N) is 1. The van der Waals surface area contributed by atoms with Crippen molar-refractivity contribution in [3.63, 3.8) is 0 Å². The zero-order valence-corrected chi connectivity index (χ0v) is 12.0. The molecule has 3 aromatic rings. The van der Waals surface area contributed by atoms with E-state index in [4.69, 9.17) is 0 Å². The molecule has 7 heteroatoms. The summed E-state index contributed by atoms with van der Waals surface area (Å²) in [5.41, 5.74) is 1.75. The van der Waals surface area contributed by atoms with Gasteiger partial charge in [0, 0.05) is 18.3 Å². The third kappa shape index (κ3) is 2.82. The molecule has 0 saturated heterocycles. The van der Waals surface area contributed by atoms with Crippen LogP contribution in [0.3, 0.4) is 0 Å². The molecule has 0 aliphatic rings. The van der Waals surface area contributed by atoms with Crippen molar-refractivity contribution in [3.05, 3.63) is 58.4 Å². The quantitative estimate of drug-likeness (QED) is 0.586. The lowest BCUT2D eigenvalue weighted by atomic mass is 10.2. The van der Waals surface area contributed by atoms with Crippen molar-refractivity contribution in [1.82, 2.24) is 9.97 Å². The predicted octanol–water partition coefficient (Wildman–Crippen LogP) is 3.77. The van der Waals surface area contributed by atoms with Crippen LogP contribution in [0, 0.1) is 10.1 Å². The van der Waals surface area contributed by atoms with Crippen LogP contribution in [-0.4, -0.2) is 14.9 Å². The van der Waals surface area contributed by atoms with Crippen molar-refractivity contribution in [2.45, 2.75) is 13.0 Å². The number of anilines is 1. The van der Waals surface area contributed by atoms with Crippen molar-refractivity contribution in [3.8, 4) is 0 Å². The second-order valence-corrected chi connectivity index (χ2v) is 5.58. The van der Waals surface area contributed by atoms with Gasteiger partial charge in [-0.05, 0) is 25.1 Å². The highest BCUT2D eigenvalue weighted by Crippen LogP contribution is 2.30. The lowest BCUT2D eigenvalue weighted by molar-refractivity contribution is -0.384. The van der Waals surface area contributed by atoms with E-state index in [2.05, 4.69) is 15.3 Å². The van der Waals surface area contributed by atoms with Gasteiger partial charge in [0.05, 0.1) is 26.9 Å². The van der Waals surface area contributed by atoms with E-state index in [9.17, 15) is 10.1 Å². The van der Waals surface area contributed by atoms with Crippen LogP contribution >= 0.6 is 11.3 Å². The van der Waals surface area contributed by atoms with Gasteiger partial charge in [-0.2, -0.15) is 0 Å². The van der Waals surface area contributed by atoms with E-state index in [0.29, 0.717) is 0 Å². The normalized spacial score (nSPS) is 12.2. The molecule has 0 saturated carbocycles. The van der Waals surface area contributed by atoms with Gasteiger partial charge in [0.15, 0.2) is 5.13 Å². The van der Waals surface area contributed by atoms with E-state index >= 15 is 0 Å². The van der Waals surface area contributed by atoms with E-state index in [-0.39, 0.29) is 11.7 Å². The number of hydrogen-bond donors (Lipinski definition) is 1. The van der Waals surface area contributed by atoms with Crippen LogP contribution in [0.1, 0.15) is 18.7 Å². The third-order valence-corrected chi connectivity index (χ3v) is 4.00. The number of aromatic nitrogens is 2. The minimum atomic E-state index is -0.400. The van der Waals surface area contributed by atoms with E-state index in [1.54, 1.807) is 18.3 Å². The Morgan fingerprint density at radius 2 is 2.19 bits per heavy atom. The maximum absolute atomic E-state index is 10.8. The standard InChI is InChI=1S/C14H12N4O2S/c1-9(11-4-2-3-7-15-11)16-14-17-12-6-5-10(18(19)20)8-13(12)21-14/h2-9H,1H3,(H,16,17)/t9-/m1/s1. The Labute approximate surface area is 124 Å². The summed E-state index contributed by atoms with van der Waals surface area (Å²) in [6.45, 7) is 2.00. The van der Waals surface area contributed by atoms with Crippen molar-refractivity contribution < 1.29 is 4.92 Å². The molecule has 0 radical (unpaired) electrons. The summed E-state index contributed by atoms with van der Waals surface area (Å²) in [5.74, 6) is 0. The lowest BCUT2D eigenvalue weighted by Gasteiger charge is -2.11. The molecule has 0 aliphatic heterocycles. The van der Waals surface area contributed by atoms with E-state index < -0.39 is 4.92 Å². The van der Waals surface area contributed by atoms with Gasteiger partial charge in [-0.1, -0.05) is 17.4 Å². The molecule has 2 aromatic heterocycles. The molecule has 0 amide bonds. The number of fused-ring (bicyclic) bond motifs is 1. The fraction of sp³-hybridized carbons (Fsp3) is 0.143. The molecular formula is C14H12N4O2S. The zero-order chi connectivity index (χ0) is 14.8. The van der Waals surface area contributed by atoms with Gasteiger partial charge >= 0.3 is 0 Å². The predicted molar refractivity (Wildman–Crippen MR) is 82.5 cm³/mol. The maximum Gasteiger partial charge on any atom is 0.270 e. The molecule has 1 N–H and O–H groups in total. The Morgan fingerprint density at radius 3 is 2.90 bits per heavy atom. The molecule has 0 unspecified atom stereocenters. The molecule has 0 fully saturated rings. The van der Waals surface area contributed by atoms with Gasteiger partial charge in [-0.25, -0.2) is 4.98 Å². The van der Waals surface area contributed by atoms with Crippen LogP contribution in [0.25, 0.3) is 10.2 Å². The third-order valence-electron chi connectivity index (χ3n) is 3.05. The van der Waals surface area contributed by atoms with Crippen LogP contribution in [0.4, 0.5) is 10.8 Å². The fourth-order valence-electron chi connectivity index (χ4n) is 1.98. The monoisotopic (exact) mass is 300 g/mol. The first kappa shape index (κ1) is 13.4. The minimum absolute atomic E-state index is 0.0155. The van der Waals surface area contributed by atoms with Gasteiger partial charge in [-0.3, -0.25) is 15.1 Å². The van der Waals surface area contributed by atoms with Crippen molar-refractivity contribution in [2.75, 3.05) is 5.32 Å². The highest BCUT2D eigenvalue weighted by molar-refractivity contribution is 7.22. The number of benzene rings is 1. The molecule has 21 heavy (non-hydrogen) atoms. The number of rotatable bonds is 4. The Morgan fingerprint density at radius 1 is 1.33 bits per heavy atom. The molecule has 0 bridgehead atoms. The number of hydrogen-bond acceptors (Lipinski definition) is 6. The topological polar surface area (TPSA) is 81.0 Å². The van der Waals surface area contributed by atoms with Crippen molar-refractivity contribution in [1.29, 1.82) is 0 Å². The number of nitrogens with zero attached hydrogens (tertiary/aromatic N) is 3. The first-order valence-electron chi connectivity index (χ1n) is 6.36. The largest absolute Gasteiger partial charge is 0.353 e. The molecule has 3 rings (SSSR count). The fourth-order valence-corrected chi connectivity index (χ4v) is 2.97. The Bertz CT molecular complexity index is 788. The van der Waals surface area contributed by atoms with Gasteiger partial charge in [-0.15, -0.1) is 0 Å². The Kier molecular flexibility index (Phi) is 3.49. The molecule has 0 aliphatic carbocycles. The number of non-ortho nitro benzene ring substituents is 1. The van der Waals surface area contributed by atoms with Crippen LogP contribution in [0.2, 0.25) is 0 Å². The SMILES string of the molecule is C[C@@H](Nc1nc2ccc([N+](=O)[O-])cc2s1)c1ccccn1. The summed E-state index contributed by atoms with van der Waals surface area (Å²) in [5, 5.41) is 14.8.